The third kappa shape index (κ3) is 1.94. The van der Waals surface area contributed by atoms with Crippen molar-refractivity contribution in [2.45, 2.75) is 20.8 Å². The molecule has 0 fully saturated rings. The van der Waals surface area contributed by atoms with Gasteiger partial charge in [-0.2, -0.15) is 0 Å². The molecule has 0 radical (unpaired) electrons. The lowest BCUT2D eigenvalue weighted by Gasteiger charge is -2.14. The summed E-state index contributed by atoms with van der Waals surface area (Å²) in [7, 11) is 0. The molecular weight excluding hydrogens is 228 g/mol. The van der Waals surface area contributed by atoms with E-state index in [0.29, 0.717) is 0 Å². The summed E-state index contributed by atoms with van der Waals surface area (Å²) in [6.07, 6.45) is 7.24. The van der Waals surface area contributed by atoms with E-state index in [1.807, 2.05) is 6.08 Å². The van der Waals surface area contributed by atoms with Crippen LogP contribution in [0.1, 0.15) is 29.7 Å². The topological polar surface area (TPSA) is 0 Å². The van der Waals surface area contributed by atoms with Crippen molar-refractivity contribution in [2.75, 3.05) is 0 Å². The Labute approximate surface area is 115 Å². The van der Waals surface area contributed by atoms with Crippen LogP contribution in [0.25, 0.3) is 22.4 Å². The van der Waals surface area contributed by atoms with Crippen molar-refractivity contribution in [2.24, 2.45) is 0 Å². The maximum Gasteiger partial charge on any atom is -0.00361 e. The van der Waals surface area contributed by atoms with Gasteiger partial charge in [-0.25, -0.2) is 0 Å². The first kappa shape index (κ1) is 13.4. The monoisotopic (exact) mass is 248 g/mol. The van der Waals surface area contributed by atoms with Crippen LogP contribution in [0, 0.1) is 6.92 Å². The summed E-state index contributed by atoms with van der Waals surface area (Å²) in [6, 6.07) is 8.71. The third-order valence-electron chi connectivity index (χ3n) is 3.74. The molecule has 19 heavy (non-hydrogen) atoms. The zero-order valence-electron chi connectivity index (χ0n) is 10.7. The van der Waals surface area contributed by atoms with E-state index in [1.165, 1.54) is 33.0 Å². The molecule has 0 heteroatoms. The van der Waals surface area contributed by atoms with E-state index in [0.717, 1.165) is 12.0 Å². The summed E-state index contributed by atoms with van der Waals surface area (Å²) in [6.45, 7) is 10.3. The Balaban J connectivity index is 0.00000133. The van der Waals surface area contributed by atoms with Crippen LogP contribution in [-0.4, -0.2) is 0 Å². The van der Waals surface area contributed by atoms with Gasteiger partial charge in [0, 0.05) is 0 Å². The standard InChI is InChI=1S/C18H16.CH4/c1-4-14-10-11-15-9-8-12(2)16-7-5-6-13(3)17(14)18(15)16;/h4-6,8-11H,1,3,7H2,2H3;1H4. The van der Waals surface area contributed by atoms with Crippen LogP contribution in [0.2, 0.25) is 0 Å². The van der Waals surface area contributed by atoms with Gasteiger partial charge in [-0.15, -0.1) is 0 Å². The number of hydrogen-bond acceptors (Lipinski definition) is 0. The van der Waals surface area contributed by atoms with Crippen LogP contribution in [0.5, 0.6) is 0 Å². The third-order valence-corrected chi connectivity index (χ3v) is 3.74. The molecule has 0 unspecified atom stereocenters. The first-order valence-corrected chi connectivity index (χ1v) is 6.26. The normalized spacial score (nSPS) is 13.0. The number of allylic oxidation sites excluding steroid dienone is 3. The van der Waals surface area contributed by atoms with E-state index in [2.05, 4.69) is 56.5 Å². The Kier molecular flexibility index (Phi) is 3.44. The van der Waals surface area contributed by atoms with Crippen molar-refractivity contribution in [3.05, 3.63) is 71.8 Å². The molecule has 1 aliphatic carbocycles. The molecule has 0 atom stereocenters. The van der Waals surface area contributed by atoms with Crippen molar-refractivity contribution in [3.63, 3.8) is 0 Å². The first-order chi connectivity index (χ1) is 8.72. The number of hydrogen-bond donors (Lipinski definition) is 0. The molecule has 0 heterocycles. The van der Waals surface area contributed by atoms with Crippen molar-refractivity contribution < 1.29 is 0 Å². The summed E-state index contributed by atoms with van der Waals surface area (Å²) in [5.74, 6) is 0. The van der Waals surface area contributed by atoms with Crippen LogP contribution in [0.3, 0.4) is 0 Å². The smallest absolute Gasteiger partial charge is 0.00361 e. The molecule has 0 bridgehead atoms. The van der Waals surface area contributed by atoms with E-state index in [4.69, 9.17) is 0 Å². The van der Waals surface area contributed by atoms with Crippen LogP contribution in [-0.2, 0) is 6.42 Å². The lowest BCUT2D eigenvalue weighted by atomic mass is 9.90. The molecule has 0 saturated heterocycles. The molecule has 96 valence electrons. The molecule has 0 aromatic heterocycles. The number of rotatable bonds is 1. The SMILES string of the molecule is C.C=Cc1ccc2ccc(C)c3c2c1C(=C)C=CC3. The molecule has 0 nitrogen and oxygen atoms in total. The van der Waals surface area contributed by atoms with E-state index in [9.17, 15) is 0 Å². The van der Waals surface area contributed by atoms with Gasteiger partial charge < -0.3 is 0 Å². The highest BCUT2D eigenvalue weighted by atomic mass is 14.2. The number of benzene rings is 2. The van der Waals surface area contributed by atoms with Crippen LogP contribution >= 0.6 is 0 Å². The van der Waals surface area contributed by atoms with Gasteiger partial charge in [-0.1, -0.05) is 63.1 Å². The van der Waals surface area contributed by atoms with Crippen molar-refractivity contribution in [1.82, 2.24) is 0 Å². The van der Waals surface area contributed by atoms with Crippen molar-refractivity contribution in [3.8, 4) is 0 Å². The highest BCUT2D eigenvalue weighted by Gasteiger charge is 2.14. The molecule has 1 aliphatic rings. The Morgan fingerprint density at radius 2 is 1.89 bits per heavy atom. The quantitative estimate of drug-likeness (QED) is 0.620. The molecule has 0 amide bonds. The van der Waals surface area contributed by atoms with E-state index >= 15 is 0 Å². The average Bonchev–Trinajstić information content (AvgIpc) is 2.56. The van der Waals surface area contributed by atoms with Gasteiger partial charge in [0.1, 0.15) is 0 Å². The van der Waals surface area contributed by atoms with Crippen LogP contribution in [0.4, 0.5) is 0 Å². The fourth-order valence-corrected chi connectivity index (χ4v) is 2.79. The van der Waals surface area contributed by atoms with Gasteiger partial charge in [-0.3, -0.25) is 0 Å². The maximum absolute atomic E-state index is 4.20. The summed E-state index contributed by atoms with van der Waals surface area (Å²) < 4.78 is 0. The zero-order chi connectivity index (χ0) is 12.7. The minimum absolute atomic E-state index is 0. The lowest BCUT2D eigenvalue weighted by Crippen LogP contribution is -1.93. The van der Waals surface area contributed by atoms with Crippen molar-refractivity contribution in [1.29, 1.82) is 0 Å². The molecule has 0 aliphatic heterocycles. The largest absolute Gasteiger partial charge is 0.0984 e. The molecule has 0 saturated carbocycles. The highest BCUT2D eigenvalue weighted by Crippen LogP contribution is 2.35. The summed E-state index contributed by atoms with van der Waals surface area (Å²) >= 11 is 0. The lowest BCUT2D eigenvalue weighted by molar-refractivity contribution is 1.25. The molecular formula is C19H20. The van der Waals surface area contributed by atoms with Crippen LogP contribution < -0.4 is 0 Å². The molecule has 2 aromatic carbocycles. The minimum atomic E-state index is 0. The average molecular weight is 248 g/mol. The first-order valence-electron chi connectivity index (χ1n) is 6.26. The summed E-state index contributed by atoms with van der Waals surface area (Å²) in [5, 5.41) is 2.64. The molecule has 0 spiro atoms. The van der Waals surface area contributed by atoms with Gasteiger partial charge in [-0.05, 0) is 51.9 Å². The number of aryl methyl sites for hydroxylation is 1. The Morgan fingerprint density at radius 1 is 1.16 bits per heavy atom. The Morgan fingerprint density at radius 3 is 2.63 bits per heavy atom. The Hall–Kier alpha value is -2.08. The van der Waals surface area contributed by atoms with Gasteiger partial charge >= 0.3 is 0 Å². The van der Waals surface area contributed by atoms with Gasteiger partial charge in [0.15, 0.2) is 0 Å². The van der Waals surface area contributed by atoms with Gasteiger partial charge in [0.25, 0.3) is 0 Å². The van der Waals surface area contributed by atoms with Gasteiger partial charge in [0.2, 0.25) is 0 Å². The van der Waals surface area contributed by atoms with E-state index < -0.39 is 0 Å². The fourth-order valence-electron chi connectivity index (χ4n) is 2.79. The molecule has 3 rings (SSSR count). The molecule has 0 N–H and O–H groups in total. The second-order valence-corrected chi connectivity index (χ2v) is 4.82. The van der Waals surface area contributed by atoms with E-state index in [1.54, 1.807) is 0 Å². The maximum atomic E-state index is 4.20. The van der Waals surface area contributed by atoms with E-state index in [-0.39, 0.29) is 7.43 Å². The minimum Gasteiger partial charge on any atom is -0.0984 e. The fraction of sp³-hybridized carbons (Fsp3) is 0.158. The van der Waals surface area contributed by atoms with Crippen LogP contribution in [0.15, 0.2) is 49.6 Å². The second kappa shape index (κ2) is 4.89. The Bertz CT molecular complexity index is 700. The second-order valence-electron chi connectivity index (χ2n) is 4.82. The summed E-state index contributed by atoms with van der Waals surface area (Å²) in [4.78, 5) is 0. The zero-order valence-corrected chi connectivity index (χ0v) is 10.7. The van der Waals surface area contributed by atoms with Gasteiger partial charge in [0.05, 0.1) is 0 Å². The van der Waals surface area contributed by atoms with Crippen molar-refractivity contribution >= 4 is 22.4 Å². The molecule has 2 aromatic rings. The predicted molar refractivity (Wildman–Crippen MR) is 87.4 cm³/mol. The highest BCUT2D eigenvalue weighted by molar-refractivity contribution is 6.02. The summed E-state index contributed by atoms with van der Waals surface area (Å²) in [5.41, 5.74) is 6.27. The predicted octanol–water partition coefficient (Wildman–Crippen LogP) is 5.55.